The quantitative estimate of drug-likeness (QED) is 0.351. The van der Waals surface area contributed by atoms with Gasteiger partial charge in [-0.05, 0) is 71.5 Å². The second-order valence-electron chi connectivity index (χ2n) is 8.14. The maximum Gasteiger partial charge on any atom is 0.192 e. The summed E-state index contributed by atoms with van der Waals surface area (Å²) in [6.45, 7) is 20.4. The molecule has 2 heteroatoms. The van der Waals surface area contributed by atoms with Crippen molar-refractivity contribution in [2.75, 3.05) is 0 Å². The molecule has 124 valence electrons. The highest BCUT2D eigenvalue weighted by Crippen LogP contribution is 2.37. The van der Waals surface area contributed by atoms with Crippen molar-refractivity contribution in [3.05, 3.63) is 23.3 Å². The van der Waals surface area contributed by atoms with Gasteiger partial charge in [-0.1, -0.05) is 44.1 Å². The molecule has 0 aliphatic rings. The Morgan fingerprint density at radius 1 is 1.05 bits per heavy atom. The van der Waals surface area contributed by atoms with Gasteiger partial charge < -0.3 is 4.43 Å². The minimum Gasteiger partial charge on any atom is -0.414 e. The minimum atomic E-state index is -1.61. The fourth-order valence-corrected chi connectivity index (χ4v) is 3.47. The van der Waals surface area contributed by atoms with Crippen molar-refractivity contribution >= 4 is 8.32 Å². The fraction of sp³-hybridized carbons (Fsp3) is 0.789. The molecule has 0 amide bonds. The molecule has 0 heterocycles. The van der Waals surface area contributed by atoms with E-state index in [-0.39, 0.29) is 0 Å². The molecule has 0 aliphatic carbocycles. The van der Waals surface area contributed by atoms with Crippen LogP contribution in [0.15, 0.2) is 23.3 Å². The third-order valence-electron chi connectivity index (χ3n) is 4.46. The third kappa shape index (κ3) is 9.31. The Labute approximate surface area is 135 Å². The van der Waals surface area contributed by atoms with Crippen LogP contribution in [-0.2, 0) is 4.43 Å². The summed E-state index contributed by atoms with van der Waals surface area (Å²) in [6, 6.07) is 0. The zero-order valence-corrected chi connectivity index (χ0v) is 17.0. The molecule has 0 aromatic carbocycles. The van der Waals surface area contributed by atoms with E-state index in [4.69, 9.17) is 4.43 Å². The first-order valence-electron chi connectivity index (χ1n) is 8.42. The molecule has 0 rings (SSSR count). The number of rotatable bonds is 8. The molecular weight excluding hydrogens is 272 g/mol. The summed E-state index contributed by atoms with van der Waals surface area (Å²) >= 11 is 0. The van der Waals surface area contributed by atoms with Crippen LogP contribution in [-0.4, -0.2) is 14.4 Å². The first-order valence-corrected chi connectivity index (χ1v) is 11.3. The van der Waals surface area contributed by atoms with E-state index < -0.39 is 8.32 Å². The van der Waals surface area contributed by atoms with Crippen molar-refractivity contribution in [2.45, 2.75) is 98.4 Å². The predicted molar refractivity (Wildman–Crippen MR) is 99.4 cm³/mol. The second-order valence-corrected chi connectivity index (χ2v) is 12.9. The SMILES string of the molecule is CC(C)=CCC/C(C)=C/CCC(C)O[Si](C)(C)C(C)(C)C. The predicted octanol–water partition coefficient (Wildman–Crippen LogP) is 6.87. The molecule has 0 radical (unpaired) electrons. The van der Waals surface area contributed by atoms with E-state index in [1.54, 1.807) is 0 Å². The van der Waals surface area contributed by atoms with E-state index in [1.807, 2.05) is 0 Å². The lowest BCUT2D eigenvalue weighted by molar-refractivity contribution is 0.190. The normalized spacial score (nSPS) is 15.0. The van der Waals surface area contributed by atoms with Crippen LogP contribution in [0.1, 0.15) is 74.1 Å². The van der Waals surface area contributed by atoms with Gasteiger partial charge in [-0.2, -0.15) is 0 Å². The number of hydrogen-bond acceptors (Lipinski definition) is 1. The van der Waals surface area contributed by atoms with Crippen molar-refractivity contribution in [1.82, 2.24) is 0 Å². The Hall–Kier alpha value is -0.343. The van der Waals surface area contributed by atoms with Gasteiger partial charge in [-0.3, -0.25) is 0 Å². The van der Waals surface area contributed by atoms with Gasteiger partial charge in [-0.25, -0.2) is 0 Å². The van der Waals surface area contributed by atoms with Gasteiger partial charge in [0.05, 0.1) is 0 Å². The molecule has 0 aliphatic heterocycles. The fourth-order valence-electron chi connectivity index (χ4n) is 1.99. The van der Waals surface area contributed by atoms with Crippen LogP contribution in [0.4, 0.5) is 0 Å². The molecule has 1 nitrogen and oxygen atoms in total. The minimum absolute atomic E-state index is 0.303. The van der Waals surface area contributed by atoms with E-state index in [2.05, 4.69) is 73.7 Å². The van der Waals surface area contributed by atoms with Crippen LogP contribution >= 0.6 is 0 Å². The smallest absolute Gasteiger partial charge is 0.192 e. The summed E-state index contributed by atoms with van der Waals surface area (Å²) in [5.41, 5.74) is 2.92. The summed E-state index contributed by atoms with van der Waals surface area (Å²) in [5.74, 6) is 0. The average molecular weight is 311 g/mol. The maximum atomic E-state index is 6.40. The van der Waals surface area contributed by atoms with Gasteiger partial charge in [0, 0.05) is 6.10 Å². The van der Waals surface area contributed by atoms with Crippen LogP contribution in [0.2, 0.25) is 18.1 Å². The number of hydrogen-bond donors (Lipinski definition) is 0. The monoisotopic (exact) mass is 310 g/mol. The van der Waals surface area contributed by atoms with Crippen molar-refractivity contribution in [3.63, 3.8) is 0 Å². The zero-order valence-electron chi connectivity index (χ0n) is 16.0. The average Bonchev–Trinajstić information content (AvgIpc) is 2.25. The van der Waals surface area contributed by atoms with Crippen molar-refractivity contribution in [2.24, 2.45) is 0 Å². The molecule has 1 atom stereocenters. The first-order chi connectivity index (χ1) is 9.45. The van der Waals surface area contributed by atoms with Gasteiger partial charge in [0.25, 0.3) is 0 Å². The standard InChI is InChI=1S/C19H38OSi/c1-16(2)12-10-13-17(3)14-11-15-18(4)20-21(8,9)19(5,6)7/h12,14,18H,10-11,13,15H2,1-9H3/b17-14+. The van der Waals surface area contributed by atoms with Crippen molar-refractivity contribution < 1.29 is 4.43 Å². The molecule has 0 bridgehead atoms. The van der Waals surface area contributed by atoms with Crippen molar-refractivity contribution in [1.29, 1.82) is 0 Å². The lowest BCUT2D eigenvalue weighted by Gasteiger charge is -2.38. The Kier molecular flexibility index (Phi) is 8.80. The van der Waals surface area contributed by atoms with Crippen LogP contribution < -0.4 is 0 Å². The van der Waals surface area contributed by atoms with E-state index in [0.717, 1.165) is 12.8 Å². The molecule has 0 saturated heterocycles. The number of allylic oxidation sites excluding steroid dienone is 4. The van der Waals surface area contributed by atoms with Gasteiger partial charge in [0.1, 0.15) is 0 Å². The Morgan fingerprint density at radius 2 is 1.62 bits per heavy atom. The second kappa shape index (κ2) is 8.95. The molecule has 1 unspecified atom stereocenters. The summed E-state index contributed by atoms with van der Waals surface area (Å²) in [4.78, 5) is 0. The molecule has 21 heavy (non-hydrogen) atoms. The lowest BCUT2D eigenvalue weighted by atomic mass is 10.1. The maximum absolute atomic E-state index is 6.40. The Bertz CT molecular complexity index is 354. The molecule has 0 N–H and O–H groups in total. The zero-order chi connectivity index (χ0) is 16.7. The molecule has 0 saturated carbocycles. The lowest BCUT2D eigenvalue weighted by Crippen LogP contribution is -2.43. The summed E-state index contributed by atoms with van der Waals surface area (Å²) in [6.07, 6.45) is 9.70. The largest absolute Gasteiger partial charge is 0.414 e. The van der Waals surface area contributed by atoms with Gasteiger partial charge in [0.2, 0.25) is 0 Å². The highest BCUT2D eigenvalue weighted by molar-refractivity contribution is 6.74. The highest BCUT2D eigenvalue weighted by Gasteiger charge is 2.38. The molecule has 0 aromatic heterocycles. The van der Waals surface area contributed by atoms with Crippen LogP contribution in [0.5, 0.6) is 0 Å². The van der Waals surface area contributed by atoms with Gasteiger partial charge in [-0.15, -0.1) is 0 Å². The van der Waals surface area contributed by atoms with Gasteiger partial charge in [0.15, 0.2) is 8.32 Å². The first kappa shape index (κ1) is 20.7. The topological polar surface area (TPSA) is 9.23 Å². The summed E-state index contributed by atoms with van der Waals surface area (Å²) < 4.78 is 6.40. The van der Waals surface area contributed by atoms with Gasteiger partial charge >= 0.3 is 0 Å². The third-order valence-corrected chi connectivity index (χ3v) is 9.06. The molecule has 0 fully saturated rings. The molecule has 0 aromatic rings. The van der Waals surface area contributed by atoms with Crippen LogP contribution in [0.3, 0.4) is 0 Å². The summed E-state index contributed by atoms with van der Waals surface area (Å²) in [5, 5.41) is 0.303. The van der Waals surface area contributed by atoms with Crippen LogP contribution in [0.25, 0.3) is 0 Å². The van der Waals surface area contributed by atoms with E-state index in [0.29, 0.717) is 11.1 Å². The van der Waals surface area contributed by atoms with E-state index in [1.165, 1.54) is 24.0 Å². The van der Waals surface area contributed by atoms with Crippen LogP contribution in [0, 0.1) is 0 Å². The van der Waals surface area contributed by atoms with E-state index in [9.17, 15) is 0 Å². The highest BCUT2D eigenvalue weighted by atomic mass is 28.4. The van der Waals surface area contributed by atoms with Crippen molar-refractivity contribution in [3.8, 4) is 0 Å². The Balaban J connectivity index is 4.14. The molecular formula is C19H38OSi. The Morgan fingerprint density at radius 3 is 2.10 bits per heavy atom. The van der Waals surface area contributed by atoms with E-state index >= 15 is 0 Å². The molecule has 0 spiro atoms. The summed E-state index contributed by atoms with van der Waals surface area (Å²) in [7, 11) is -1.61.